The van der Waals surface area contributed by atoms with Crippen LogP contribution in [-0.2, 0) is 14.3 Å². The number of aldehydes is 1. The second kappa shape index (κ2) is 23.6. The van der Waals surface area contributed by atoms with E-state index in [1.807, 2.05) is 6.08 Å². The third kappa shape index (κ3) is 19.3. The number of allylic oxidation sites excluding steroid dienone is 2. The van der Waals surface area contributed by atoms with E-state index < -0.39 is 0 Å². The molecule has 4 heteroatoms. The average molecular weight is 396 g/mol. The molecule has 0 aliphatic rings. The summed E-state index contributed by atoms with van der Waals surface area (Å²) in [5.74, 6) is 0.294. The van der Waals surface area contributed by atoms with Gasteiger partial charge in [0.2, 0.25) is 5.91 Å². The first-order valence-electron chi connectivity index (χ1n) is 11.0. The van der Waals surface area contributed by atoms with Crippen LogP contribution in [0.2, 0.25) is 0 Å². The van der Waals surface area contributed by atoms with E-state index in [0.29, 0.717) is 18.7 Å². The molecule has 0 aromatic carbocycles. The van der Waals surface area contributed by atoms with Crippen LogP contribution < -0.4 is 0 Å². The van der Waals surface area contributed by atoms with Crippen molar-refractivity contribution in [2.45, 2.75) is 96.9 Å². The average Bonchev–Trinajstić information content (AvgIpc) is 2.68. The molecule has 1 unspecified atom stereocenters. The number of rotatable bonds is 17. The van der Waals surface area contributed by atoms with Crippen LogP contribution in [0, 0.1) is 0 Å². The van der Waals surface area contributed by atoms with Crippen LogP contribution >= 0.6 is 0 Å². The van der Waals surface area contributed by atoms with E-state index in [-0.39, 0.29) is 6.04 Å². The summed E-state index contributed by atoms with van der Waals surface area (Å²) in [6.45, 7) is 8.86. The maximum atomic E-state index is 12.5. The van der Waals surface area contributed by atoms with Crippen LogP contribution in [0.4, 0.5) is 0 Å². The van der Waals surface area contributed by atoms with Gasteiger partial charge in [0, 0.05) is 39.6 Å². The number of hydrogen-bond acceptors (Lipinski definition) is 3. The van der Waals surface area contributed by atoms with E-state index >= 15 is 0 Å². The highest BCUT2D eigenvalue weighted by Gasteiger charge is 2.18. The molecule has 0 fully saturated rings. The van der Waals surface area contributed by atoms with E-state index in [9.17, 15) is 9.59 Å². The standard InChI is InChI=1S/C22H39NO2.C2H6O/c1-4-6-8-9-11-14-17-21(3)23(22(25)18-7-5-2)19-15-12-10-13-16-20-24;1-3-2/h4,11,14,20-21H,1,5-10,12-13,15-19H2,2-3H3;1-2H3/b14-11+;. The summed E-state index contributed by atoms with van der Waals surface area (Å²) in [5, 5.41) is 0. The van der Waals surface area contributed by atoms with Crippen molar-refractivity contribution in [2.24, 2.45) is 0 Å². The van der Waals surface area contributed by atoms with E-state index in [4.69, 9.17) is 0 Å². The Balaban J connectivity index is 0. The number of amides is 1. The summed E-state index contributed by atoms with van der Waals surface area (Å²) in [7, 11) is 3.25. The SMILES string of the molecule is C=CCCC/C=C/CC(C)N(CCCCCCC=O)C(=O)CCCC.COC. The lowest BCUT2D eigenvalue weighted by Crippen LogP contribution is -2.39. The third-order valence-electron chi connectivity index (χ3n) is 4.49. The van der Waals surface area contributed by atoms with E-state index in [2.05, 4.69) is 42.2 Å². The molecule has 0 aliphatic heterocycles. The van der Waals surface area contributed by atoms with E-state index in [1.165, 1.54) is 0 Å². The Bertz CT molecular complexity index is 393. The molecule has 0 saturated heterocycles. The van der Waals surface area contributed by atoms with Crippen molar-refractivity contribution in [3.8, 4) is 0 Å². The van der Waals surface area contributed by atoms with Crippen LogP contribution in [0.1, 0.15) is 90.9 Å². The summed E-state index contributed by atoms with van der Waals surface area (Å²) < 4.78 is 4.25. The van der Waals surface area contributed by atoms with Gasteiger partial charge in [0.25, 0.3) is 0 Å². The van der Waals surface area contributed by atoms with Crippen LogP contribution in [0.3, 0.4) is 0 Å². The van der Waals surface area contributed by atoms with Gasteiger partial charge in [-0.15, -0.1) is 6.58 Å². The molecule has 1 amide bonds. The maximum Gasteiger partial charge on any atom is 0.222 e. The number of carbonyl (C=O) groups is 2. The van der Waals surface area contributed by atoms with Crippen molar-refractivity contribution >= 4 is 12.2 Å². The lowest BCUT2D eigenvalue weighted by atomic mass is 10.1. The molecule has 0 aliphatic carbocycles. The summed E-state index contributed by atoms with van der Waals surface area (Å²) in [6.07, 6.45) is 19.1. The Kier molecular flexibility index (Phi) is 24.3. The molecule has 164 valence electrons. The first-order valence-corrected chi connectivity index (χ1v) is 11.0. The lowest BCUT2D eigenvalue weighted by molar-refractivity contribution is -0.133. The lowest BCUT2D eigenvalue weighted by Gasteiger charge is -2.29. The summed E-state index contributed by atoms with van der Waals surface area (Å²) >= 11 is 0. The van der Waals surface area contributed by atoms with Crippen molar-refractivity contribution < 1.29 is 14.3 Å². The minimum Gasteiger partial charge on any atom is -0.388 e. The molecule has 0 bridgehead atoms. The molecule has 0 heterocycles. The summed E-state index contributed by atoms with van der Waals surface area (Å²) in [4.78, 5) is 24.9. The topological polar surface area (TPSA) is 46.6 Å². The van der Waals surface area contributed by atoms with Gasteiger partial charge in [-0.05, 0) is 51.9 Å². The number of carbonyl (C=O) groups excluding carboxylic acids is 2. The van der Waals surface area contributed by atoms with E-state index in [0.717, 1.165) is 77.0 Å². The molecular weight excluding hydrogens is 350 g/mol. The van der Waals surface area contributed by atoms with Gasteiger partial charge >= 0.3 is 0 Å². The van der Waals surface area contributed by atoms with Gasteiger partial charge in [-0.3, -0.25) is 4.79 Å². The Morgan fingerprint density at radius 3 is 2.29 bits per heavy atom. The Hall–Kier alpha value is -1.42. The van der Waals surface area contributed by atoms with Gasteiger partial charge in [-0.1, -0.05) is 44.4 Å². The Labute approximate surface area is 174 Å². The number of ether oxygens (including phenoxy) is 1. The van der Waals surface area contributed by atoms with Crippen molar-refractivity contribution in [1.82, 2.24) is 4.90 Å². The van der Waals surface area contributed by atoms with Crippen LogP contribution in [0.5, 0.6) is 0 Å². The highest BCUT2D eigenvalue weighted by atomic mass is 16.4. The van der Waals surface area contributed by atoms with Crippen molar-refractivity contribution in [3.63, 3.8) is 0 Å². The minimum absolute atomic E-state index is 0.259. The molecule has 0 aromatic heterocycles. The van der Waals surface area contributed by atoms with Gasteiger partial charge in [-0.2, -0.15) is 0 Å². The predicted molar refractivity (Wildman–Crippen MR) is 121 cm³/mol. The number of nitrogens with zero attached hydrogens (tertiary/aromatic N) is 1. The van der Waals surface area contributed by atoms with Gasteiger partial charge in [0.1, 0.15) is 6.29 Å². The Morgan fingerprint density at radius 1 is 1.00 bits per heavy atom. The zero-order valence-electron chi connectivity index (χ0n) is 19.0. The molecule has 0 rings (SSSR count). The number of unbranched alkanes of at least 4 members (excludes halogenated alkanes) is 7. The van der Waals surface area contributed by atoms with Crippen LogP contribution in [-0.4, -0.2) is 43.9 Å². The monoisotopic (exact) mass is 395 g/mol. The first kappa shape index (κ1) is 28.8. The quantitative estimate of drug-likeness (QED) is 0.170. The zero-order valence-corrected chi connectivity index (χ0v) is 19.0. The van der Waals surface area contributed by atoms with Gasteiger partial charge < -0.3 is 14.4 Å². The van der Waals surface area contributed by atoms with Crippen LogP contribution in [0.25, 0.3) is 0 Å². The smallest absolute Gasteiger partial charge is 0.222 e. The van der Waals surface area contributed by atoms with Gasteiger partial charge in [0.15, 0.2) is 0 Å². The predicted octanol–water partition coefficient (Wildman–Crippen LogP) is 6.11. The molecule has 0 radical (unpaired) electrons. The molecule has 28 heavy (non-hydrogen) atoms. The number of hydrogen-bond donors (Lipinski definition) is 0. The molecular formula is C24H45NO3. The second-order valence-corrected chi connectivity index (χ2v) is 7.24. The fourth-order valence-electron chi connectivity index (χ4n) is 2.84. The zero-order chi connectivity index (χ0) is 21.5. The second-order valence-electron chi connectivity index (χ2n) is 7.24. The highest BCUT2D eigenvalue weighted by molar-refractivity contribution is 5.76. The largest absolute Gasteiger partial charge is 0.388 e. The molecule has 0 N–H and O–H groups in total. The Morgan fingerprint density at radius 2 is 1.68 bits per heavy atom. The normalized spacial score (nSPS) is 11.6. The first-order chi connectivity index (χ1) is 13.6. The van der Waals surface area contributed by atoms with E-state index in [1.54, 1.807) is 14.2 Å². The fraction of sp³-hybridized carbons (Fsp3) is 0.750. The molecule has 0 aromatic rings. The van der Waals surface area contributed by atoms with Crippen molar-refractivity contribution in [2.75, 3.05) is 20.8 Å². The summed E-state index contributed by atoms with van der Waals surface area (Å²) in [6, 6.07) is 0.259. The van der Waals surface area contributed by atoms with Crippen molar-refractivity contribution in [3.05, 3.63) is 24.8 Å². The minimum atomic E-state index is 0.259. The third-order valence-corrected chi connectivity index (χ3v) is 4.49. The molecule has 1 atom stereocenters. The van der Waals surface area contributed by atoms with Gasteiger partial charge in [0.05, 0.1) is 0 Å². The molecule has 4 nitrogen and oxygen atoms in total. The summed E-state index contributed by atoms with van der Waals surface area (Å²) in [5.41, 5.74) is 0. The fourth-order valence-corrected chi connectivity index (χ4v) is 2.84. The maximum absolute atomic E-state index is 12.5. The number of methoxy groups -OCH3 is 1. The van der Waals surface area contributed by atoms with Gasteiger partial charge in [-0.25, -0.2) is 0 Å². The molecule has 0 spiro atoms. The molecule has 0 saturated carbocycles. The van der Waals surface area contributed by atoms with Crippen molar-refractivity contribution in [1.29, 1.82) is 0 Å². The highest BCUT2D eigenvalue weighted by Crippen LogP contribution is 2.13. The van der Waals surface area contributed by atoms with Crippen LogP contribution in [0.15, 0.2) is 24.8 Å².